The molecular formula is C6H15IN2O2. The fourth-order valence-corrected chi connectivity index (χ4v) is 1.10. The zero-order valence-corrected chi connectivity index (χ0v) is 8.49. The number of halogens is 1. The van der Waals surface area contributed by atoms with E-state index in [4.69, 9.17) is 15.9 Å². The van der Waals surface area contributed by atoms with Crippen molar-refractivity contribution in [3.05, 3.63) is 0 Å². The summed E-state index contributed by atoms with van der Waals surface area (Å²) in [6, 6.07) is -0.496. The second-order valence-corrected chi connectivity index (χ2v) is 3.22. The molecule has 5 N–H and O–H groups in total. The van der Waals surface area contributed by atoms with Crippen molar-refractivity contribution >= 4 is 22.9 Å². The summed E-state index contributed by atoms with van der Waals surface area (Å²) in [6.45, 7) is 0.939. The first-order valence-electron chi connectivity index (χ1n) is 3.63. The molecule has 0 bridgehead atoms. The molecule has 68 valence electrons. The summed E-state index contributed by atoms with van der Waals surface area (Å²) in [6.07, 6.45) is 1.23. The molecular weight excluding hydrogens is 259 g/mol. The van der Waals surface area contributed by atoms with Gasteiger partial charge in [-0.1, -0.05) is 6.42 Å². The minimum absolute atomic E-state index is 0.496. The van der Waals surface area contributed by atoms with E-state index in [0.717, 1.165) is 19.4 Å². The van der Waals surface area contributed by atoms with Gasteiger partial charge in [-0.05, 0) is 12.8 Å². The van der Waals surface area contributed by atoms with Crippen LogP contribution in [0.25, 0.3) is 0 Å². The molecule has 0 aromatic rings. The monoisotopic (exact) mass is 274 g/mol. The van der Waals surface area contributed by atoms with Gasteiger partial charge in [0.25, 0.3) is 0 Å². The SMILES string of the molecule is NC(CCCCNI)C(O)O. The molecule has 0 spiro atoms. The Balaban J connectivity index is 3.10. The van der Waals surface area contributed by atoms with Crippen LogP contribution in [0.15, 0.2) is 0 Å². The standard InChI is InChI=1S/C6H15IN2O2/c7-9-4-2-1-3-5(8)6(10)11/h5-6,9-11H,1-4,8H2. The molecule has 1 atom stereocenters. The third-order valence-corrected chi connectivity index (χ3v) is 1.98. The van der Waals surface area contributed by atoms with Gasteiger partial charge in [0.1, 0.15) is 0 Å². The molecule has 0 heterocycles. The summed E-state index contributed by atoms with van der Waals surface area (Å²) in [5.74, 6) is 0. The van der Waals surface area contributed by atoms with Crippen molar-refractivity contribution in [2.45, 2.75) is 31.6 Å². The van der Waals surface area contributed by atoms with Gasteiger partial charge in [0, 0.05) is 29.4 Å². The van der Waals surface area contributed by atoms with E-state index < -0.39 is 12.3 Å². The predicted octanol–water partition coefficient (Wildman–Crippen LogP) is -0.266. The third kappa shape index (κ3) is 6.95. The molecule has 0 amide bonds. The molecule has 5 heteroatoms. The molecule has 0 radical (unpaired) electrons. The molecule has 0 fully saturated rings. The lowest BCUT2D eigenvalue weighted by Crippen LogP contribution is -2.34. The summed E-state index contributed by atoms with van der Waals surface area (Å²) >= 11 is 2.08. The molecule has 0 aromatic heterocycles. The minimum Gasteiger partial charge on any atom is -0.367 e. The summed E-state index contributed by atoms with van der Waals surface area (Å²) < 4.78 is 2.97. The van der Waals surface area contributed by atoms with Gasteiger partial charge < -0.3 is 15.9 Å². The molecule has 0 saturated heterocycles. The van der Waals surface area contributed by atoms with Gasteiger partial charge in [0.15, 0.2) is 6.29 Å². The number of nitrogens with two attached hydrogens (primary N) is 1. The number of nitrogens with one attached hydrogen (secondary N) is 1. The van der Waals surface area contributed by atoms with Crippen LogP contribution in [0.1, 0.15) is 19.3 Å². The lowest BCUT2D eigenvalue weighted by molar-refractivity contribution is -0.0599. The van der Waals surface area contributed by atoms with Crippen LogP contribution in [0.2, 0.25) is 0 Å². The van der Waals surface area contributed by atoms with Crippen LogP contribution in [0.4, 0.5) is 0 Å². The first-order chi connectivity index (χ1) is 5.18. The van der Waals surface area contributed by atoms with Gasteiger partial charge in [-0.15, -0.1) is 0 Å². The van der Waals surface area contributed by atoms with Gasteiger partial charge in [-0.2, -0.15) is 0 Å². The van der Waals surface area contributed by atoms with Gasteiger partial charge >= 0.3 is 0 Å². The Morgan fingerprint density at radius 2 is 2.00 bits per heavy atom. The van der Waals surface area contributed by atoms with Crippen LogP contribution in [0, 0.1) is 0 Å². The fraction of sp³-hybridized carbons (Fsp3) is 1.00. The Kier molecular flexibility index (Phi) is 7.61. The summed E-state index contributed by atoms with van der Waals surface area (Å²) in [7, 11) is 0. The van der Waals surface area contributed by atoms with Gasteiger partial charge in [-0.3, -0.25) is 3.53 Å². The van der Waals surface area contributed by atoms with Gasteiger partial charge in [-0.25, -0.2) is 0 Å². The van der Waals surface area contributed by atoms with Crippen LogP contribution >= 0.6 is 22.9 Å². The second-order valence-electron chi connectivity index (χ2n) is 2.46. The average Bonchev–Trinajstić information content (AvgIpc) is 1.97. The topological polar surface area (TPSA) is 78.5 Å². The Bertz CT molecular complexity index is 92.7. The predicted molar refractivity (Wildman–Crippen MR) is 52.1 cm³/mol. The van der Waals surface area contributed by atoms with E-state index in [0.29, 0.717) is 6.42 Å². The van der Waals surface area contributed by atoms with E-state index in [2.05, 4.69) is 26.4 Å². The van der Waals surface area contributed by atoms with E-state index in [1.54, 1.807) is 0 Å². The fourth-order valence-electron chi connectivity index (χ4n) is 0.721. The van der Waals surface area contributed by atoms with Crippen molar-refractivity contribution in [1.82, 2.24) is 3.53 Å². The number of hydrogen-bond donors (Lipinski definition) is 4. The molecule has 11 heavy (non-hydrogen) atoms. The maximum absolute atomic E-state index is 8.59. The first-order valence-corrected chi connectivity index (χ1v) is 4.71. The molecule has 0 rings (SSSR count). The zero-order chi connectivity index (χ0) is 8.69. The number of aliphatic hydroxyl groups excluding tert-OH is 1. The highest BCUT2D eigenvalue weighted by Gasteiger charge is 2.09. The van der Waals surface area contributed by atoms with Crippen molar-refractivity contribution in [3.8, 4) is 0 Å². The minimum atomic E-state index is -1.37. The number of rotatable bonds is 6. The van der Waals surface area contributed by atoms with E-state index in [1.165, 1.54) is 0 Å². The van der Waals surface area contributed by atoms with E-state index in [-0.39, 0.29) is 0 Å². The Labute approximate surface area is 80.7 Å². The van der Waals surface area contributed by atoms with Crippen LogP contribution in [0.5, 0.6) is 0 Å². The normalized spacial score (nSPS) is 13.9. The highest BCUT2D eigenvalue weighted by atomic mass is 127. The zero-order valence-electron chi connectivity index (χ0n) is 6.33. The van der Waals surface area contributed by atoms with Crippen LogP contribution < -0.4 is 9.26 Å². The van der Waals surface area contributed by atoms with Crippen molar-refractivity contribution in [2.75, 3.05) is 6.54 Å². The average molecular weight is 274 g/mol. The van der Waals surface area contributed by atoms with Crippen LogP contribution in [-0.2, 0) is 0 Å². The lowest BCUT2D eigenvalue weighted by Gasteiger charge is -2.12. The summed E-state index contributed by atoms with van der Waals surface area (Å²) in [5, 5.41) is 17.2. The molecule has 0 aliphatic carbocycles. The number of aliphatic hydroxyl groups is 2. The maximum Gasteiger partial charge on any atom is 0.166 e. The number of hydrogen-bond acceptors (Lipinski definition) is 4. The molecule has 0 aliphatic heterocycles. The molecule has 0 aromatic carbocycles. The largest absolute Gasteiger partial charge is 0.367 e. The number of unbranched alkanes of at least 4 members (excludes halogenated alkanes) is 1. The molecule has 0 saturated carbocycles. The second kappa shape index (κ2) is 7.23. The van der Waals surface area contributed by atoms with Crippen LogP contribution in [-0.4, -0.2) is 29.1 Å². The van der Waals surface area contributed by atoms with Crippen molar-refractivity contribution in [2.24, 2.45) is 5.73 Å². The van der Waals surface area contributed by atoms with Crippen molar-refractivity contribution in [1.29, 1.82) is 0 Å². The van der Waals surface area contributed by atoms with Crippen molar-refractivity contribution in [3.63, 3.8) is 0 Å². The Hall–Kier alpha value is 0.570. The Morgan fingerprint density at radius 1 is 1.36 bits per heavy atom. The van der Waals surface area contributed by atoms with E-state index in [9.17, 15) is 0 Å². The first kappa shape index (κ1) is 11.6. The molecule has 0 aliphatic rings. The van der Waals surface area contributed by atoms with Crippen LogP contribution in [0.3, 0.4) is 0 Å². The highest BCUT2D eigenvalue weighted by Crippen LogP contribution is 2.00. The van der Waals surface area contributed by atoms with Gasteiger partial charge in [0.2, 0.25) is 0 Å². The lowest BCUT2D eigenvalue weighted by atomic mass is 10.1. The van der Waals surface area contributed by atoms with Crippen molar-refractivity contribution < 1.29 is 10.2 Å². The van der Waals surface area contributed by atoms with E-state index >= 15 is 0 Å². The Morgan fingerprint density at radius 3 is 2.45 bits per heavy atom. The molecule has 1 unspecified atom stereocenters. The maximum atomic E-state index is 8.59. The highest BCUT2D eigenvalue weighted by molar-refractivity contribution is 14.1. The van der Waals surface area contributed by atoms with Gasteiger partial charge in [0.05, 0.1) is 6.04 Å². The molecule has 4 nitrogen and oxygen atoms in total. The summed E-state index contributed by atoms with van der Waals surface area (Å²) in [5.41, 5.74) is 5.38. The third-order valence-electron chi connectivity index (χ3n) is 1.44. The smallest absolute Gasteiger partial charge is 0.166 e. The quantitative estimate of drug-likeness (QED) is 0.233. The van der Waals surface area contributed by atoms with E-state index in [1.807, 2.05) is 0 Å². The summed E-state index contributed by atoms with van der Waals surface area (Å²) in [4.78, 5) is 0.